The summed E-state index contributed by atoms with van der Waals surface area (Å²) in [6, 6.07) is 7.20. The number of hydrogen-bond donors (Lipinski definition) is 2. The van der Waals surface area contributed by atoms with Crippen molar-refractivity contribution in [1.82, 2.24) is 4.72 Å². The Kier molecular flexibility index (Phi) is 6.25. The molecule has 23 heavy (non-hydrogen) atoms. The third kappa shape index (κ3) is 4.82. The van der Waals surface area contributed by atoms with Crippen molar-refractivity contribution in [3.63, 3.8) is 0 Å². The zero-order valence-corrected chi connectivity index (χ0v) is 14.2. The van der Waals surface area contributed by atoms with Crippen molar-refractivity contribution in [3.8, 4) is 0 Å². The van der Waals surface area contributed by atoms with Crippen LogP contribution >= 0.6 is 11.3 Å². The summed E-state index contributed by atoms with van der Waals surface area (Å²) in [6.45, 7) is 1.53. The van der Waals surface area contributed by atoms with E-state index in [2.05, 4.69) is 4.72 Å². The fraction of sp³-hybridized carbons (Fsp3) is 0.333. The maximum Gasteiger partial charge on any atom is 0.240 e. The van der Waals surface area contributed by atoms with Crippen molar-refractivity contribution in [2.75, 3.05) is 19.8 Å². The Bertz CT molecular complexity index is 732. The smallest absolute Gasteiger partial charge is 0.240 e. The molecule has 2 rings (SSSR count). The van der Waals surface area contributed by atoms with Crippen molar-refractivity contribution in [1.29, 1.82) is 0 Å². The number of halogens is 1. The average Bonchev–Trinajstić information content (AvgIpc) is 3.01. The molecule has 0 aliphatic heterocycles. The van der Waals surface area contributed by atoms with Gasteiger partial charge in [-0.15, -0.1) is 11.3 Å². The lowest BCUT2D eigenvalue weighted by atomic mass is 10.2. The van der Waals surface area contributed by atoms with Crippen molar-refractivity contribution in [3.05, 3.63) is 52.0 Å². The molecule has 126 valence electrons. The SMILES string of the molecule is Cc1cc(F)ccc1S(=O)(=O)NC[C@H](OCCO)c1cccs1. The molecule has 2 aromatic rings. The van der Waals surface area contributed by atoms with Gasteiger partial charge >= 0.3 is 0 Å². The second kappa shape index (κ2) is 7.98. The van der Waals surface area contributed by atoms with E-state index in [1.165, 1.54) is 30.4 Å². The summed E-state index contributed by atoms with van der Waals surface area (Å²) < 4.78 is 45.8. The van der Waals surface area contributed by atoms with Gasteiger partial charge in [-0.25, -0.2) is 17.5 Å². The first-order valence-corrected chi connectivity index (χ1v) is 9.32. The van der Waals surface area contributed by atoms with Gasteiger partial charge in [0.1, 0.15) is 11.9 Å². The predicted molar refractivity (Wildman–Crippen MR) is 86.4 cm³/mol. The molecule has 0 aliphatic carbocycles. The Balaban J connectivity index is 2.12. The highest BCUT2D eigenvalue weighted by Crippen LogP contribution is 2.23. The normalized spacial score (nSPS) is 13.2. The highest BCUT2D eigenvalue weighted by molar-refractivity contribution is 7.89. The summed E-state index contributed by atoms with van der Waals surface area (Å²) in [5.74, 6) is -0.482. The minimum absolute atomic E-state index is 0.0274. The van der Waals surface area contributed by atoms with Gasteiger partial charge in [-0.1, -0.05) is 6.07 Å². The van der Waals surface area contributed by atoms with Crippen molar-refractivity contribution in [2.45, 2.75) is 17.9 Å². The van der Waals surface area contributed by atoms with E-state index >= 15 is 0 Å². The highest BCUT2D eigenvalue weighted by Gasteiger charge is 2.21. The molecule has 0 radical (unpaired) electrons. The Hall–Kier alpha value is -1.32. The zero-order chi connectivity index (χ0) is 16.9. The maximum absolute atomic E-state index is 13.1. The zero-order valence-electron chi connectivity index (χ0n) is 12.5. The first kappa shape index (κ1) is 18.0. The predicted octanol–water partition coefficient (Wildman–Crippen LogP) is 2.22. The number of thiophene rings is 1. The Morgan fingerprint density at radius 1 is 1.39 bits per heavy atom. The molecule has 0 spiro atoms. The Labute approximate surface area is 138 Å². The first-order valence-electron chi connectivity index (χ1n) is 6.95. The number of aliphatic hydroxyl groups is 1. The van der Waals surface area contributed by atoms with E-state index in [1.807, 2.05) is 17.5 Å². The van der Waals surface area contributed by atoms with Crippen molar-refractivity contribution in [2.24, 2.45) is 0 Å². The molecule has 1 atom stereocenters. The van der Waals surface area contributed by atoms with Crippen molar-refractivity contribution >= 4 is 21.4 Å². The summed E-state index contributed by atoms with van der Waals surface area (Å²) in [5.41, 5.74) is 0.335. The standard InChI is InChI=1S/C15H18FNO4S2/c1-11-9-12(16)4-5-15(11)23(19,20)17-10-13(21-7-6-18)14-3-2-8-22-14/h2-5,8-9,13,17-18H,6-7,10H2,1H3/t13-/m0/s1. The van der Waals surface area contributed by atoms with Gasteiger partial charge < -0.3 is 9.84 Å². The van der Waals surface area contributed by atoms with Gasteiger partial charge in [-0.3, -0.25) is 0 Å². The van der Waals surface area contributed by atoms with Crippen LogP contribution in [0.3, 0.4) is 0 Å². The maximum atomic E-state index is 13.1. The minimum atomic E-state index is -3.77. The fourth-order valence-electron chi connectivity index (χ4n) is 2.09. The van der Waals surface area contributed by atoms with Crippen LogP contribution in [0.15, 0.2) is 40.6 Å². The van der Waals surface area contributed by atoms with E-state index in [0.717, 1.165) is 10.9 Å². The van der Waals surface area contributed by atoms with E-state index in [0.29, 0.717) is 5.56 Å². The van der Waals surface area contributed by atoms with Gasteiger partial charge in [-0.2, -0.15) is 0 Å². The number of aryl methyl sites for hydroxylation is 1. The summed E-state index contributed by atoms with van der Waals surface area (Å²) in [7, 11) is -3.77. The molecule has 8 heteroatoms. The molecule has 5 nitrogen and oxygen atoms in total. The minimum Gasteiger partial charge on any atom is -0.394 e. The average molecular weight is 359 g/mol. The van der Waals surface area contributed by atoms with Gasteiger partial charge in [0.2, 0.25) is 10.0 Å². The molecular weight excluding hydrogens is 341 g/mol. The molecule has 0 unspecified atom stereocenters. The lowest BCUT2D eigenvalue weighted by Gasteiger charge is -2.17. The summed E-state index contributed by atoms with van der Waals surface area (Å²) in [6.07, 6.45) is -0.488. The van der Waals surface area contributed by atoms with Crippen LogP contribution in [0.5, 0.6) is 0 Å². The number of nitrogens with one attached hydrogen (secondary N) is 1. The van der Waals surface area contributed by atoms with E-state index in [4.69, 9.17) is 9.84 Å². The van der Waals surface area contributed by atoms with Crippen LogP contribution in [0.25, 0.3) is 0 Å². The largest absolute Gasteiger partial charge is 0.394 e. The molecule has 0 bridgehead atoms. The molecule has 0 amide bonds. The molecule has 0 saturated heterocycles. The second-order valence-electron chi connectivity index (χ2n) is 4.86. The lowest BCUT2D eigenvalue weighted by molar-refractivity contribution is 0.0328. The summed E-state index contributed by atoms with van der Waals surface area (Å²) in [5, 5.41) is 10.7. The van der Waals surface area contributed by atoms with E-state index in [-0.39, 0.29) is 24.7 Å². The molecular formula is C15H18FNO4S2. The van der Waals surface area contributed by atoms with Crippen LogP contribution in [0.1, 0.15) is 16.5 Å². The van der Waals surface area contributed by atoms with Crippen LogP contribution in [0.4, 0.5) is 4.39 Å². The molecule has 1 heterocycles. The molecule has 1 aromatic heterocycles. The molecule has 0 saturated carbocycles. The molecule has 1 aromatic carbocycles. The fourth-order valence-corrected chi connectivity index (χ4v) is 4.12. The van der Waals surface area contributed by atoms with E-state index in [9.17, 15) is 12.8 Å². The van der Waals surface area contributed by atoms with E-state index < -0.39 is 21.9 Å². The number of aliphatic hydroxyl groups excluding tert-OH is 1. The first-order chi connectivity index (χ1) is 10.9. The number of sulfonamides is 1. The summed E-state index contributed by atoms with van der Waals surface area (Å²) in [4.78, 5) is 0.892. The van der Waals surface area contributed by atoms with Gasteiger partial charge in [0.05, 0.1) is 18.1 Å². The van der Waals surface area contributed by atoms with Gasteiger partial charge in [0, 0.05) is 11.4 Å². The lowest BCUT2D eigenvalue weighted by Crippen LogP contribution is -2.30. The molecule has 0 fully saturated rings. The third-order valence-electron chi connectivity index (χ3n) is 3.16. The number of hydrogen-bond acceptors (Lipinski definition) is 5. The van der Waals surface area contributed by atoms with Crippen LogP contribution in [-0.2, 0) is 14.8 Å². The number of ether oxygens (including phenoxy) is 1. The van der Waals surface area contributed by atoms with Gasteiger partial charge in [0.15, 0.2) is 0 Å². The van der Waals surface area contributed by atoms with Crippen LogP contribution in [0.2, 0.25) is 0 Å². The highest BCUT2D eigenvalue weighted by atomic mass is 32.2. The monoisotopic (exact) mass is 359 g/mol. The Morgan fingerprint density at radius 3 is 2.78 bits per heavy atom. The topological polar surface area (TPSA) is 75.6 Å². The van der Waals surface area contributed by atoms with Gasteiger partial charge in [0.25, 0.3) is 0 Å². The number of benzene rings is 1. The van der Waals surface area contributed by atoms with Crippen LogP contribution < -0.4 is 4.72 Å². The Morgan fingerprint density at radius 2 is 2.17 bits per heavy atom. The number of rotatable bonds is 8. The quantitative estimate of drug-likeness (QED) is 0.758. The van der Waals surface area contributed by atoms with E-state index in [1.54, 1.807) is 0 Å². The van der Waals surface area contributed by atoms with Crippen LogP contribution in [-0.4, -0.2) is 33.3 Å². The molecule has 2 N–H and O–H groups in total. The van der Waals surface area contributed by atoms with Crippen molar-refractivity contribution < 1.29 is 22.7 Å². The van der Waals surface area contributed by atoms with Crippen LogP contribution in [0, 0.1) is 12.7 Å². The summed E-state index contributed by atoms with van der Waals surface area (Å²) >= 11 is 1.44. The third-order valence-corrected chi connectivity index (χ3v) is 5.70. The van der Waals surface area contributed by atoms with Gasteiger partial charge in [-0.05, 0) is 42.1 Å². The second-order valence-corrected chi connectivity index (χ2v) is 7.57. The molecule has 0 aliphatic rings.